The van der Waals surface area contributed by atoms with Gasteiger partial charge in [0.1, 0.15) is 5.75 Å². The average molecular weight is 356 g/mol. The van der Waals surface area contributed by atoms with E-state index in [0.717, 1.165) is 0 Å². The summed E-state index contributed by atoms with van der Waals surface area (Å²) in [6.07, 6.45) is 0. The maximum absolute atomic E-state index is 12.4. The van der Waals surface area contributed by atoms with Crippen LogP contribution in [0, 0.1) is 0 Å². The van der Waals surface area contributed by atoms with E-state index in [2.05, 4.69) is 9.46 Å². The van der Waals surface area contributed by atoms with Crippen molar-refractivity contribution in [2.24, 2.45) is 0 Å². The molecule has 0 spiro atoms. The first-order valence-corrected chi connectivity index (χ1v) is 8.28. The molecule has 0 saturated carbocycles. The van der Waals surface area contributed by atoms with Crippen molar-refractivity contribution in [2.75, 3.05) is 18.9 Å². The summed E-state index contributed by atoms with van der Waals surface area (Å²) in [4.78, 5) is 11.6. The number of hydrogen-bond acceptors (Lipinski definition) is 5. The van der Waals surface area contributed by atoms with Crippen molar-refractivity contribution in [2.45, 2.75) is 4.90 Å². The standard InChI is InChI=1S/C15H14ClNO5S/c1-21-11-4-6-12(7-5-11)23(19,20)17-14-9-10(15(18)22-2)3-8-13(14)16/h3-9,17H,1-2H3. The van der Waals surface area contributed by atoms with Gasteiger partial charge in [-0.25, -0.2) is 13.2 Å². The number of methoxy groups -OCH3 is 2. The molecule has 0 aliphatic carbocycles. The summed E-state index contributed by atoms with van der Waals surface area (Å²) in [5.74, 6) is -0.0544. The second-order valence-electron chi connectivity index (χ2n) is 4.47. The van der Waals surface area contributed by atoms with E-state index >= 15 is 0 Å². The smallest absolute Gasteiger partial charge is 0.337 e. The van der Waals surface area contributed by atoms with E-state index in [1.165, 1.54) is 56.7 Å². The molecule has 2 aromatic rings. The van der Waals surface area contributed by atoms with Gasteiger partial charge in [-0.15, -0.1) is 0 Å². The second kappa shape index (κ2) is 6.89. The van der Waals surface area contributed by atoms with Gasteiger partial charge in [-0.2, -0.15) is 0 Å². The fourth-order valence-electron chi connectivity index (χ4n) is 1.81. The number of halogens is 1. The number of nitrogens with one attached hydrogen (secondary N) is 1. The van der Waals surface area contributed by atoms with Crippen LogP contribution in [0.4, 0.5) is 5.69 Å². The Morgan fingerprint density at radius 2 is 1.74 bits per heavy atom. The summed E-state index contributed by atoms with van der Waals surface area (Å²) in [6, 6.07) is 10.0. The van der Waals surface area contributed by atoms with Crippen LogP contribution in [0.1, 0.15) is 10.4 Å². The second-order valence-corrected chi connectivity index (χ2v) is 6.56. The molecule has 0 fully saturated rings. The summed E-state index contributed by atoms with van der Waals surface area (Å²) in [7, 11) is -1.13. The van der Waals surface area contributed by atoms with E-state index < -0.39 is 16.0 Å². The van der Waals surface area contributed by atoms with Gasteiger partial charge in [0.2, 0.25) is 0 Å². The largest absolute Gasteiger partial charge is 0.497 e. The van der Waals surface area contributed by atoms with E-state index in [-0.39, 0.29) is 21.2 Å². The minimum atomic E-state index is -3.85. The van der Waals surface area contributed by atoms with Gasteiger partial charge in [-0.05, 0) is 42.5 Å². The van der Waals surface area contributed by atoms with Crippen LogP contribution in [0.25, 0.3) is 0 Å². The van der Waals surface area contributed by atoms with E-state index in [9.17, 15) is 13.2 Å². The lowest BCUT2D eigenvalue weighted by atomic mass is 10.2. The van der Waals surface area contributed by atoms with Crippen molar-refractivity contribution in [1.29, 1.82) is 0 Å². The van der Waals surface area contributed by atoms with Crippen molar-refractivity contribution in [3.05, 3.63) is 53.1 Å². The molecule has 2 rings (SSSR count). The van der Waals surface area contributed by atoms with Gasteiger partial charge < -0.3 is 9.47 Å². The summed E-state index contributed by atoms with van der Waals surface area (Å²) in [6.45, 7) is 0. The number of carbonyl (C=O) groups excluding carboxylic acids is 1. The Morgan fingerprint density at radius 1 is 1.09 bits per heavy atom. The Labute approximate surface area is 139 Å². The van der Waals surface area contributed by atoms with Gasteiger partial charge in [0, 0.05) is 0 Å². The van der Waals surface area contributed by atoms with Gasteiger partial charge >= 0.3 is 5.97 Å². The monoisotopic (exact) mass is 355 g/mol. The zero-order valence-corrected chi connectivity index (χ0v) is 13.9. The molecule has 0 atom stereocenters. The van der Waals surface area contributed by atoms with Crippen LogP contribution in [0.2, 0.25) is 5.02 Å². The molecule has 0 saturated heterocycles. The Hall–Kier alpha value is -2.25. The third kappa shape index (κ3) is 3.94. The number of ether oxygens (including phenoxy) is 2. The van der Waals surface area contributed by atoms with Gasteiger partial charge in [0.05, 0.1) is 35.4 Å². The lowest BCUT2D eigenvalue weighted by Gasteiger charge is -2.11. The molecule has 0 unspecified atom stereocenters. The van der Waals surface area contributed by atoms with Crippen molar-refractivity contribution >= 4 is 33.3 Å². The zero-order valence-electron chi connectivity index (χ0n) is 12.4. The molecular weight excluding hydrogens is 342 g/mol. The first kappa shape index (κ1) is 17.1. The topological polar surface area (TPSA) is 81.7 Å². The van der Waals surface area contributed by atoms with Crippen molar-refractivity contribution < 1.29 is 22.7 Å². The molecule has 2 aromatic carbocycles. The van der Waals surface area contributed by atoms with Crippen LogP contribution in [-0.2, 0) is 14.8 Å². The molecule has 0 amide bonds. The first-order valence-electron chi connectivity index (χ1n) is 6.42. The number of hydrogen-bond donors (Lipinski definition) is 1. The van der Waals surface area contributed by atoms with Crippen LogP contribution in [0.5, 0.6) is 5.75 Å². The maximum atomic E-state index is 12.4. The van der Waals surface area contributed by atoms with Gasteiger partial charge in [-0.3, -0.25) is 4.72 Å². The predicted octanol–water partition coefficient (Wildman–Crippen LogP) is 2.94. The van der Waals surface area contributed by atoms with E-state index in [1.54, 1.807) is 0 Å². The fraction of sp³-hybridized carbons (Fsp3) is 0.133. The highest BCUT2D eigenvalue weighted by Crippen LogP contribution is 2.26. The number of rotatable bonds is 5. The minimum Gasteiger partial charge on any atom is -0.497 e. The highest BCUT2D eigenvalue weighted by molar-refractivity contribution is 7.92. The van der Waals surface area contributed by atoms with Crippen LogP contribution in [0.15, 0.2) is 47.4 Å². The molecule has 0 bridgehead atoms. The van der Waals surface area contributed by atoms with Crippen LogP contribution < -0.4 is 9.46 Å². The number of benzene rings is 2. The lowest BCUT2D eigenvalue weighted by Crippen LogP contribution is -2.14. The molecule has 23 heavy (non-hydrogen) atoms. The van der Waals surface area contributed by atoms with Gasteiger partial charge in [0.15, 0.2) is 0 Å². The zero-order chi connectivity index (χ0) is 17.0. The maximum Gasteiger partial charge on any atom is 0.337 e. The Balaban J connectivity index is 2.34. The normalized spacial score (nSPS) is 10.9. The van der Waals surface area contributed by atoms with Gasteiger partial charge in [-0.1, -0.05) is 11.6 Å². The van der Waals surface area contributed by atoms with Crippen molar-refractivity contribution in [1.82, 2.24) is 0 Å². The van der Waals surface area contributed by atoms with Crippen molar-refractivity contribution in [3.63, 3.8) is 0 Å². The molecule has 0 aliphatic heterocycles. The Morgan fingerprint density at radius 3 is 2.30 bits per heavy atom. The molecule has 122 valence electrons. The van der Waals surface area contributed by atoms with E-state index in [1.807, 2.05) is 0 Å². The predicted molar refractivity (Wildman–Crippen MR) is 86.6 cm³/mol. The van der Waals surface area contributed by atoms with E-state index in [4.69, 9.17) is 16.3 Å². The molecule has 0 heterocycles. The molecule has 1 N–H and O–H groups in total. The fourth-order valence-corrected chi connectivity index (χ4v) is 3.10. The SMILES string of the molecule is COC(=O)c1ccc(Cl)c(NS(=O)(=O)c2ccc(OC)cc2)c1. The lowest BCUT2D eigenvalue weighted by molar-refractivity contribution is 0.0601. The molecule has 8 heteroatoms. The van der Waals surface area contributed by atoms with Gasteiger partial charge in [0.25, 0.3) is 10.0 Å². The minimum absolute atomic E-state index is 0.0397. The highest BCUT2D eigenvalue weighted by atomic mass is 35.5. The molecule has 0 radical (unpaired) electrons. The quantitative estimate of drug-likeness (QED) is 0.834. The number of sulfonamides is 1. The third-order valence-corrected chi connectivity index (χ3v) is 4.71. The van der Waals surface area contributed by atoms with Crippen molar-refractivity contribution in [3.8, 4) is 5.75 Å². The highest BCUT2D eigenvalue weighted by Gasteiger charge is 2.17. The van der Waals surface area contributed by atoms with Crippen LogP contribution >= 0.6 is 11.6 Å². The Kier molecular flexibility index (Phi) is 5.12. The molecule has 6 nitrogen and oxygen atoms in total. The third-order valence-electron chi connectivity index (χ3n) is 3.00. The molecular formula is C15H14ClNO5S. The summed E-state index contributed by atoms with van der Waals surface area (Å²) < 4.78 is 36.7. The number of anilines is 1. The number of esters is 1. The molecule has 0 aliphatic rings. The number of carbonyl (C=O) groups is 1. The summed E-state index contributed by atoms with van der Waals surface area (Å²) >= 11 is 5.99. The summed E-state index contributed by atoms with van der Waals surface area (Å²) in [5.41, 5.74) is 0.273. The van der Waals surface area contributed by atoms with Crippen LogP contribution in [-0.4, -0.2) is 28.6 Å². The Bertz CT molecular complexity index is 818. The molecule has 0 aromatic heterocycles. The average Bonchev–Trinajstić information content (AvgIpc) is 2.56. The summed E-state index contributed by atoms with van der Waals surface area (Å²) in [5, 5.41) is 0.162. The van der Waals surface area contributed by atoms with Crippen LogP contribution in [0.3, 0.4) is 0 Å². The first-order chi connectivity index (χ1) is 10.9. The van der Waals surface area contributed by atoms with E-state index in [0.29, 0.717) is 5.75 Å².